The van der Waals surface area contributed by atoms with Crippen LogP contribution in [0.2, 0.25) is 0 Å². The van der Waals surface area contributed by atoms with Crippen LogP contribution in [0.3, 0.4) is 0 Å². The minimum Gasteiger partial charge on any atom is -0.308 e. The third-order valence-corrected chi connectivity index (χ3v) is 2.25. The van der Waals surface area contributed by atoms with Crippen molar-refractivity contribution in [3.8, 4) is 0 Å². The zero-order valence-electron chi connectivity index (χ0n) is 7.64. The van der Waals surface area contributed by atoms with Gasteiger partial charge in [0.1, 0.15) is 0 Å². The van der Waals surface area contributed by atoms with E-state index in [4.69, 9.17) is 0 Å². The van der Waals surface area contributed by atoms with Crippen molar-refractivity contribution < 1.29 is 0 Å². The zero-order chi connectivity index (χ0) is 8.10. The molecule has 0 saturated carbocycles. The van der Waals surface area contributed by atoms with E-state index in [1.54, 1.807) is 0 Å². The maximum Gasteiger partial charge on any atom is 0.0252 e. The van der Waals surface area contributed by atoms with Crippen LogP contribution < -0.4 is 5.32 Å². The van der Waals surface area contributed by atoms with E-state index in [0.717, 1.165) is 12.5 Å². The van der Waals surface area contributed by atoms with Gasteiger partial charge >= 0.3 is 0 Å². The molecule has 1 rings (SSSR count). The summed E-state index contributed by atoms with van der Waals surface area (Å²) in [6.07, 6.45) is 9.78. The summed E-state index contributed by atoms with van der Waals surface area (Å²) < 4.78 is 0. The Morgan fingerprint density at radius 3 is 2.91 bits per heavy atom. The van der Waals surface area contributed by atoms with Gasteiger partial charge in [0.25, 0.3) is 0 Å². The molecular formula is C10H19N. The lowest BCUT2D eigenvalue weighted by Gasteiger charge is -2.26. The van der Waals surface area contributed by atoms with Crippen molar-refractivity contribution >= 4 is 0 Å². The van der Waals surface area contributed by atoms with Crippen molar-refractivity contribution in [3.63, 3.8) is 0 Å². The summed E-state index contributed by atoms with van der Waals surface area (Å²) in [5.74, 6) is 0. The summed E-state index contributed by atoms with van der Waals surface area (Å²) in [6, 6.07) is 1.37. The molecule has 1 aliphatic heterocycles. The number of hydrogen-bond acceptors (Lipinski definition) is 1. The normalized spacial score (nSPS) is 32.9. The summed E-state index contributed by atoms with van der Waals surface area (Å²) in [7, 11) is 0. The van der Waals surface area contributed by atoms with E-state index < -0.39 is 0 Å². The molecule has 0 bridgehead atoms. The van der Waals surface area contributed by atoms with E-state index in [9.17, 15) is 0 Å². The highest BCUT2D eigenvalue weighted by atomic mass is 14.9. The second-order valence-electron chi connectivity index (χ2n) is 3.44. The van der Waals surface area contributed by atoms with E-state index in [2.05, 4.69) is 31.3 Å². The maximum atomic E-state index is 3.56. The SMILES string of the molecule is CC/C=C/[C@@H]1CCC[C@@H](C)N1. The van der Waals surface area contributed by atoms with E-state index in [0.29, 0.717) is 6.04 Å². The molecule has 0 aliphatic carbocycles. The van der Waals surface area contributed by atoms with E-state index in [1.807, 2.05) is 0 Å². The summed E-state index contributed by atoms with van der Waals surface area (Å²) in [5, 5.41) is 3.56. The molecule has 1 heterocycles. The molecule has 1 N–H and O–H groups in total. The Kier molecular flexibility index (Phi) is 3.64. The van der Waals surface area contributed by atoms with Crippen LogP contribution in [0, 0.1) is 0 Å². The fourth-order valence-electron chi connectivity index (χ4n) is 1.63. The van der Waals surface area contributed by atoms with Gasteiger partial charge in [0.05, 0.1) is 0 Å². The van der Waals surface area contributed by atoms with E-state index in [1.165, 1.54) is 19.3 Å². The van der Waals surface area contributed by atoms with Gasteiger partial charge in [-0.25, -0.2) is 0 Å². The summed E-state index contributed by atoms with van der Waals surface area (Å²) >= 11 is 0. The van der Waals surface area contributed by atoms with Gasteiger partial charge in [-0.05, 0) is 26.2 Å². The first kappa shape index (κ1) is 8.79. The van der Waals surface area contributed by atoms with Gasteiger partial charge < -0.3 is 5.32 Å². The lowest BCUT2D eigenvalue weighted by molar-refractivity contribution is 0.374. The molecule has 0 radical (unpaired) electrons. The van der Waals surface area contributed by atoms with Gasteiger partial charge in [-0.2, -0.15) is 0 Å². The summed E-state index contributed by atoms with van der Waals surface area (Å²) in [6.45, 7) is 4.45. The van der Waals surface area contributed by atoms with Crippen LogP contribution in [0.5, 0.6) is 0 Å². The quantitative estimate of drug-likeness (QED) is 0.601. The molecule has 0 unspecified atom stereocenters. The van der Waals surface area contributed by atoms with Crippen LogP contribution in [-0.4, -0.2) is 12.1 Å². The van der Waals surface area contributed by atoms with Crippen molar-refractivity contribution in [1.29, 1.82) is 0 Å². The largest absolute Gasteiger partial charge is 0.308 e. The molecule has 0 aromatic heterocycles. The molecule has 2 atom stereocenters. The third kappa shape index (κ3) is 3.06. The lowest BCUT2D eigenvalue weighted by Crippen LogP contribution is -2.39. The molecule has 1 nitrogen and oxygen atoms in total. The van der Waals surface area contributed by atoms with Crippen LogP contribution in [0.25, 0.3) is 0 Å². The van der Waals surface area contributed by atoms with Gasteiger partial charge in [0.15, 0.2) is 0 Å². The maximum absolute atomic E-state index is 3.56. The monoisotopic (exact) mass is 153 g/mol. The molecule has 0 aromatic carbocycles. The van der Waals surface area contributed by atoms with Crippen LogP contribution in [-0.2, 0) is 0 Å². The number of rotatable bonds is 2. The van der Waals surface area contributed by atoms with Gasteiger partial charge in [-0.1, -0.05) is 25.5 Å². The molecular weight excluding hydrogens is 134 g/mol. The number of hydrogen-bond donors (Lipinski definition) is 1. The van der Waals surface area contributed by atoms with Crippen LogP contribution in [0.4, 0.5) is 0 Å². The minimum atomic E-state index is 0.652. The van der Waals surface area contributed by atoms with Crippen molar-refractivity contribution in [2.24, 2.45) is 0 Å². The Labute approximate surface area is 69.9 Å². The van der Waals surface area contributed by atoms with Crippen molar-refractivity contribution in [2.45, 2.75) is 51.6 Å². The highest BCUT2D eigenvalue weighted by Gasteiger charge is 2.14. The molecule has 1 saturated heterocycles. The van der Waals surface area contributed by atoms with Gasteiger partial charge in [0, 0.05) is 12.1 Å². The number of piperidine rings is 1. The van der Waals surface area contributed by atoms with Crippen molar-refractivity contribution in [1.82, 2.24) is 5.32 Å². The molecule has 0 aromatic rings. The topological polar surface area (TPSA) is 12.0 Å². The standard InChI is InChI=1S/C10H19N/c1-3-4-7-10-8-5-6-9(2)11-10/h4,7,9-11H,3,5-6,8H2,1-2H3/b7-4+/t9-,10-/m1/s1. The van der Waals surface area contributed by atoms with Crippen molar-refractivity contribution in [2.75, 3.05) is 0 Å². The lowest BCUT2D eigenvalue weighted by atomic mass is 9.99. The highest BCUT2D eigenvalue weighted by molar-refractivity contribution is 4.95. The van der Waals surface area contributed by atoms with E-state index in [-0.39, 0.29) is 0 Å². The second kappa shape index (κ2) is 4.55. The molecule has 11 heavy (non-hydrogen) atoms. The Hall–Kier alpha value is -0.300. The first-order valence-electron chi connectivity index (χ1n) is 4.75. The average molecular weight is 153 g/mol. The average Bonchev–Trinajstić information content (AvgIpc) is 2.01. The predicted octanol–water partition coefficient (Wildman–Crippen LogP) is 2.48. The first-order chi connectivity index (χ1) is 5.33. The Morgan fingerprint density at radius 2 is 2.27 bits per heavy atom. The minimum absolute atomic E-state index is 0.652. The molecule has 0 spiro atoms. The fraction of sp³-hybridized carbons (Fsp3) is 0.800. The van der Waals surface area contributed by atoms with Gasteiger partial charge in [-0.3, -0.25) is 0 Å². The Bertz CT molecular complexity index is 129. The Morgan fingerprint density at radius 1 is 1.45 bits per heavy atom. The number of nitrogens with one attached hydrogen (secondary N) is 1. The second-order valence-corrected chi connectivity index (χ2v) is 3.44. The van der Waals surface area contributed by atoms with Crippen LogP contribution in [0.1, 0.15) is 39.5 Å². The zero-order valence-corrected chi connectivity index (χ0v) is 7.64. The van der Waals surface area contributed by atoms with Crippen molar-refractivity contribution in [3.05, 3.63) is 12.2 Å². The molecule has 1 heteroatoms. The number of allylic oxidation sites excluding steroid dienone is 1. The van der Waals surface area contributed by atoms with Crippen LogP contribution in [0.15, 0.2) is 12.2 Å². The van der Waals surface area contributed by atoms with Gasteiger partial charge in [0.2, 0.25) is 0 Å². The summed E-state index contributed by atoms with van der Waals surface area (Å²) in [4.78, 5) is 0. The third-order valence-electron chi connectivity index (χ3n) is 2.25. The Balaban J connectivity index is 2.28. The molecule has 1 aliphatic rings. The highest BCUT2D eigenvalue weighted by Crippen LogP contribution is 2.12. The fourth-order valence-corrected chi connectivity index (χ4v) is 1.63. The summed E-state index contributed by atoms with van der Waals surface area (Å²) in [5.41, 5.74) is 0. The first-order valence-corrected chi connectivity index (χ1v) is 4.75. The predicted molar refractivity (Wildman–Crippen MR) is 49.7 cm³/mol. The van der Waals surface area contributed by atoms with Crippen LogP contribution >= 0.6 is 0 Å². The molecule has 1 fully saturated rings. The smallest absolute Gasteiger partial charge is 0.0252 e. The molecule has 0 amide bonds. The molecule has 64 valence electrons. The van der Waals surface area contributed by atoms with E-state index >= 15 is 0 Å². The van der Waals surface area contributed by atoms with Gasteiger partial charge in [-0.15, -0.1) is 0 Å².